The first-order chi connectivity index (χ1) is 12.6. The number of amides is 1. The first-order valence-electron chi connectivity index (χ1n) is 8.26. The third-order valence-corrected chi connectivity index (χ3v) is 5.13. The van der Waals surface area contributed by atoms with E-state index in [1.165, 1.54) is 19.2 Å². The zero-order valence-electron chi connectivity index (χ0n) is 15.6. The highest BCUT2D eigenvalue weighted by Gasteiger charge is 2.17. The van der Waals surface area contributed by atoms with E-state index in [0.29, 0.717) is 22.5 Å². The highest BCUT2D eigenvalue weighted by Crippen LogP contribution is 2.23. The largest absolute Gasteiger partial charge is 0.462 e. The Labute approximate surface area is 159 Å². The van der Waals surface area contributed by atoms with Gasteiger partial charge in [-0.3, -0.25) is 9.10 Å². The van der Waals surface area contributed by atoms with E-state index in [1.807, 2.05) is 0 Å². The number of ether oxygens (including phenoxy) is 1. The van der Waals surface area contributed by atoms with Crippen LogP contribution in [0.1, 0.15) is 33.2 Å². The second-order valence-corrected chi connectivity index (χ2v) is 8.00. The lowest BCUT2D eigenvalue weighted by atomic mass is 10.1. The van der Waals surface area contributed by atoms with Gasteiger partial charge in [-0.05, 0) is 49.7 Å². The van der Waals surface area contributed by atoms with Crippen LogP contribution in [0.15, 0.2) is 42.5 Å². The molecule has 0 fully saturated rings. The molecule has 144 valence electrons. The predicted molar refractivity (Wildman–Crippen MR) is 105 cm³/mol. The average molecular weight is 390 g/mol. The zero-order chi connectivity index (χ0) is 20.2. The minimum Gasteiger partial charge on any atom is -0.462 e. The Morgan fingerprint density at radius 1 is 1.11 bits per heavy atom. The van der Waals surface area contributed by atoms with Crippen LogP contribution in [-0.2, 0) is 14.8 Å². The second kappa shape index (κ2) is 8.22. The Morgan fingerprint density at radius 3 is 2.44 bits per heavy atom. The number of sulfonamides is 1. The van der Waals surface area contributed by atoms with Crippen molar-refractivity contribution >= 4 is 33.3 Å². The number of aryl methyl sites for hydroxylation is 1. The minimum absolute atomic E-state index is 0.259. The number of anilines is 2. The number of hydrogen-bond donors (Lipinski definition) is 1. The molecule has 0 aliphatic rings. The summed E-state index contributed by atoms with van der Waals surface area (Å²) in [5.74, 6) is -0.889. The lowest BCUT2D eigenvalue weighted by Gasteiger charge is -2.19. The highest BCUT2D eigenvalue weighted by atomic mass is 32.2. The molecule has 0 aliphatic heterocycles. The topological polar surface area (TPSA) is 92.8 Å². The SMILES string of the molecule is CCOC(=O)c1cccc(NC(=O)c2ccc(C)c(N(C)S(C)(=O)=O)c2)c1. The van der Waals surface area contributed by atoms with Crippen LogP contribution in [-0.4, -0.2) is 40.2 Å². The molecule has 2 aromatic rings. The predicted octanol–water partition coefficient (Wildman–Crippen LogP) is 2.82. The normalized spacial score (nSPS) is 11.0. The molecule has 0 bridgehead atoms. The summed E-state index contributed by atoms with van der Waals surface area (Å²) in [7, 11) is -2.02. The molecule has 1 amide bonds. The van der Waals surface area contributed by atoms with E-state index >= 15 is 0 Å². The number of carbonyl (C=O) groups excluding carboxylic acids is 2. The van der Waals surface area contributed by atoms with Crippen LogP contribution in [0.5, 0.6) is 0 Å². The maximum absolute atomic E-state index is 12.6. The van der Waals surface area contributed by atoms with Crippen molar-refractivity contribution in [3.05, 3.63) is 59.2 Å². The van der Waals surface area contributed by atoms with Crippen LogP contribution in [0.3, 0.4) is 0 Å². The number of benzene rings is 2. The van der Waals surface area contributed by atoms with Crippen LogP contribution in [0.25, 0.3) is 0 Å². The number of carbonyl (C=O) groups is 2. The van der Waals surface area contributed by atoms with Gasteiger partial charge < -0.3 is 10.1 Å². The van der Waals surface area contributed by atoms with Gasteiger partial charge in [0.05, 0.1) is 24.1 Å². The Kier molecular flexibility index (Phi) is 6.22. The van der Waals surface area contributed by atoms with Crippen LogP contribution in [0.2, 0.25) is 0 Å². The molecule has 27 heavy (non-hydrogen) atoms. The summed E-state index contributed by atoms with van der Waals surface area (Å²) < 4.78 is 29.7. The number of esters is 1. The fourth-order valence-electron chi connectivity index (χ4n) is 2.41. The lowest BCUT2D eigenvalue weighted by molar-refractivity contribution is 0.0526. The average Bonchev–Trinajstić information content (AvgIpc) is 2.61. The standard InChI is InChI=1S/C19H22N2O5S/c1-5-26-19(23)15-7-6-8-16(11-15)20-18(22)14-10-9-13(2)17(12-14)21(3)27(4,24)25/h6-12H,5H2,1-4H3,(H,20,22). The molecule has 8 heteroatoms. The summed E-state index contributed by atoms with van der Waals surface area (Å²) in [6.07, 6.45) is 1.10. The highest BCUT2D eigenvalue weighted by molar-refractivity contribution is 7.92. The second-order valence-electron chi connectivity index (χ2n) is 5.99. The molecule has 1 N–H and O–H groups in total. The molecule has 0 saturated carbocycles. The third kappa shape index (κ3) is 5.07. The molecule has 2 rings (SSSR count). The van der Waals surface area contributed by atoms with Gasteiger partial charge in [0.2, 0.25) is 10.0 Å². The Bertz CT molecular complexity index is 970. The molecule has 7 nitrogen and oxygen atoms in total. The van der Waals surface area contributed by atoms with Gasteiger partial charge in [-0.1, -0.05) is 12.1 Å². The van der Waals surface area contributed by atoms with E-state index in [4.69, 9.17) is 4.74 Å². The fraction of sp³-hybridized carbons (Fsp3) is 0.263. The van der Waals surface area contributed by atoms with Crippen LogP contribution >= 0.6 is 0 Å². The van der Waals surface area contributed by atoms with E-state index in [-0.39, 0.29) is 6.61 Å². The molecule has 0 aliphatic carbocycles. The van der Waals surface area contributed by atoms with Crippen LogP contribution in [0, 0.1) is 6.92 Å². The molecule has 0 unspecified atom stereocenters. The first-order valence-corrected chi connectivity index (χ1v) is 10.1. The van der Waals surface area contributed by atoms with Gasteiger partial charge in [-0.15, -0.1) is 0 Å². The van der Waals surface area contributed by atoms with Crippen molar-refractivity contribution < 1.29 is 22.7 Å². The Morgan fingerprint density at radius 2 is 1.81 bits per heavy atom. The fourth-order valence-corrected chi connectivity index (χ4v) is 2.96. The van der Waals surface area contributed by atoms with Crippen molar-refractivity contribution in [2.24, 2.45) is 0 Å². The van der Waals surface area contributed by atoms with E-state index in [9.17, 15) is 18.0 Å². The molecule has 0 saturated heterocycles. The number of rotatable bonds is 6. The molecule has 0 radical (unpaired) electrons. The summed E-state index contributed by atoms with van der Waals surface area (Å²) in [6, 6.07) is 11.2. The van der Waals surface area contributed by atoms with E-state index in [1.54, 1.807) is 44.2 Å². The summed E-state index contributed by atoms with van der Waals surface area (Å²) in [5.41, 5.74) is 2.21. The van der Waals surface area contributed by atoms with Crippen molar-refractivity contribution in [1.82, 2.24) is 0 Å². The van der Waals surface area contributed by atoms with Gasteiger partial charge in [-0.25, -0.2) is 13.2 Å². The molecular weight excluding hydrogens is 368 g/mol. The maximum Gasteiger partial charge on any atom is 0.338 e. The van der Waals surface area contributed by atoms with Gasteiger partial charge in [0.1, 0.15) is 0 Å². The Balaban J connectivity index is 2.27. The van der Waals surface area contributed by atoms with E-state index in [2.05, 4.69) is 5.32 Å². The smallest absolute Gasteiger partial charge is 0.338 e. The molecule has 0 heterocycles. The number of nitrogens with zero attached hydrogens (tertiary/aromatic N) is 1. The van der Waals surface area contributed by atoms with Gasteiger partial charge in [-0.2, -0.15) is 0 Å². The van der Waals surface area contributed by atoms with Gasteiger partial charge in [0, 0.05) is 18.3 Å². The van der Waals surface area contributed by atoms with Crippen molar-refractivity contribution in [1.29, 1.82) is 0 Å². The van der Waals surface area contributed by atoms with E-state index < -0.39 is 21.9 Å². The van der Waals surface area contributed by atoms with Crippen LogP contribution < -0.4 is 9.62 Å². The quantitative estimate of drug-likeness (QED) is 0.766. The third-order valence-electron chi connectivity index (χ3n) is 3.94. The summed E-state index contributed by atoms with van der Waals surface area (Å²) in [6.45, 7) is 3.74. The summed E-state index contributed by atoms with van der Waals surface area (Å²) in [5, 5.41) is 2.71. The maximum atomic E-state index is 12.6. The van der Waals surface area contributed by atoms with E-state index in [0.717, 1.165) is 16.1 Å². The summed E-state index contributed by atoms with van der Waals surface area (Å²) >= 11 is 0. The molecule has 2 aromatic carbocycles. The zero-order valence-corrected chi connectivity index (χ0v) is 16.5. The molecule has 0 atom stereocenters. The van der Waals surface area contributed by atoms with Crippen molar-refractivity contribution in [3.63, 3.8) is 0 Å². The number of hydrogen-bond acceptors (Lipinski definition) is 5. The number of nitrogens with one attached hydrogen (secondary N) is 1. The van der Waals surface area contributed by atoms with Gasteiger partial charge in [0.25, 0.3) is 5.91 Å². The van der Waals surface area contributed by atoms with Gasteiger partial charge >= 0.3 is 5.97 Å². The molecular formula is C19H22N2O5S. The summed E-state index contributed by atoms with van der Waals surface area (Å²) in [4.78, 5) is 24.4. The van der Waals surface area contributed by atoms with Gasteiger partial charge in [0.15, 0.2) is 0 Å². The van der Waals surface area contributed by atoms with Crippen molar-refractivity contribution in [3.8, 4) is 0 Å². The Hall–Kier alpha value is -2.87. The van der Waals surface area contributed by atoms with Crippen molar-refractivity contribution in [2.75, 3.05) is 29.5 Å². The van der Waals surface area contributed by atoms with Crippen LogP contribution in [0.4, 0.5) is 11.4 Å². The molecule has 0 aromatic heterocycles. The lowest BCUT2D eigenvalue weighted by Crippen LogP contribution is -2.26. The minimum atomic E-state index is -3.45. The monoisotopic (exact) mass is 390 g/mol. The first kappa shape index (κ1) is 20.4. The molecule has 0 spiro atoms. The van der Waals surface area contributed by atoms with Crippen molar-refractivity contribution in [2.45, 2.75) is 13.8 Å².